The molecule has 2 rings (SSSR count). The second kappa shape index (κ2) is 6.36. The number of carboxylic acid groups (broad SMARTS) is 1. The van der Waals surface area contributed by atoms with Crippen LogP contribution >= 0.6 is 0 Å². The van der Waals surface area contributed by atoms with Crippen LogP contribution in [0, 0.1) is 5.92 Å². The first-order valence-electron chi connectivity index (χ1n) is 6.71. The molecule has 2 N–H and O–H groups in total. The third-order valence-corrected chi connectivity index (χ3v) is 3.61. The molecule has 1 unspecified atom stereocenters. The van der Waals surface area contributed by atoms with Gasteiger partial charge in [0.2, 0.25) is 5.91 Å². The number of nitrogens with one attached hydrogen (secondary N) is 1. The summed E-state index contributed by atoms with van der Waals surface area (Å²) in [6, 6.07) is 8.51. The van der Waals surface area contributed by atoms with E-state index in [0.717, 1.165) is 18.4 Å². The van der Waals surface area contributed by atoms with Crippen molar-refractivity contribution in [1.29, 1.82) is 0 Å². The normalized spacial score (nSPS) is 16.4. The molecule has 4 nitrogen and oxygen atoms in total. The maximum atomic E-state index is 11.8. The third kappa shape index (κ3) is 4.09. The molecular formula is C15H19NO3. The molecule has 1 saturated carbocycles. The monoisotopic (exact) mass is 261 g/mol. The van der Waals surface area contributed by atoms with Crippen molar-refractivity contribution in [2.75, 3.05) is 0 Å². The molecular weight excluding hydrogens is 242 g/mol. The maximum Gasteiger partial charge on any atom is 0.326 e. The molecule has 102 valence electrons. The molecule has 0 aliphatic heterocycles. The van der Waals surface area contributed by atoms with Gasteiger partial charge in [0.15, 0.2) is 0 Å². The number of aliphatic carboxylic acids is 1. The lowest BCUT2D eigenvalue weighted by Crippen LogP contribution is -2.43. The van der Waals surface area contributed by atoms with E-state index in [4.69, 9.17) is 0 Å². The van der Waals surface area contributed by atoms with E-state index in [2.05, 4.69) is 5.32 Å². The molecule has 0 saturated heterocycles. The topological polar surface area (TPSA) is 66.4 Å². The zero-order chi connectivity index (χ0) is 13.7. The third-order valence-electron chi connectivity index (χ3n) is 3.61. The van der Waals surface area contributed by atoms with Gasteiger partial charge in [0.1, 0.15) is 6.04 Å². The second-order valence-electron chi connectivity index (χ2n) is 5.15. The Kier molecular flexibility index (Phi) is 4.55. The lowest BCUT2D eigenvalue weighted by Gasteiger charge is -2.25. The molecule has 1 fully saturated rings. The molecule has 0 bridgehead atoms. The number of amides is 1. The van der Waals surface area contributed by atoms with Crippen LogP contribution in [0.25, 0.3) is 0 Å². The molecule has 1 aliphatic rings. The Morgan fingerprint density at radius 2 is 1.95 bits per heavy atom. The fourth-order valence-corrected chi connectivity index (χ4v) is 2.26. The summed E-state index contributed by atoms with van der Waals surface area (Å²) >= 11 is 0. The zero-order valence-electron chi connectivity index (χ0n) is 10.8. The zero-order valence-corrected chi connectivity index (χ0v) is 10.8. The number of benzene rings is 1. The number of carbonyl (C=O) groups is 2. The predicted molar refractivity (Wildman–Crippen MR) is 71.7 cm³/mol. The molecule has 1 aromatic rings. The van der Waals surface area contributed by atoms with Gasteiger partial charge in [0.05, 0.1) is 0 Å². The van der Waals surface area contributed by atoms with E-state index in [0.29, 0.717) is 18.8 Å². The summed E-state index contributed by atoms with van der Waals surface area (Å²) in [5.41, 5.74) is 0.916. The van der Waals surface area contributed by atoms with Crippen molar-refractivity contribution < 1.29 is 14.7 Å². The molecule has 1 atom stereocenters. The molecule has 19 heavy (non-hydrogen) atoms. The van der Waals surface area contributed by atoms with Crippen molar-refractivity contribution in [3.63, 3.8) is 0 Å². The van der Waals surface area contributed by atoms with Gasteiger partial charge in [-0.3, -0.25) is 4.79 Å². The molecule has 1 aromatic carbocycles. The van der Waals surface area contributed by atoms with Gasteiger partial charge < -0.3 is 10.4 Å². The fourth-order valence-electron chi connectivity index (χ4n) is 2.26. The maximum absolute atomic E-state index is 11.8. The van der Waals surface area contributed by atoms with Crippen LogP contribution in [0.5, 0.6) is 0 Å². The van der Waals surface area contributed by atoms with E-state index in [-0.39, 0.29) is 5.91 Å². The van der Waals surface area contributed by atoms with Gasteiger partial charge in [-0.2, -0.15) is 0 Å². The number of carbonyl (C=O) groups excluding carboxylic acids is 1. The first kappa shape index (κ1) is 13.6. The smallest absolute Gasteiger partial charge is 0.326 e. The molecule has 0 spiro atoms. The summed E-state index contributed by atoms with van der Waals surface area (Å²) in [4.78, 5) is 23.0. The number of hydrogen-bond donors (Lipinski definition) is 2. The SMILES string of the molecule is O=C(CC1CCC1)NC(Cc1ccccc1)C(=O)O. The Hall–Kier alpha value is -1.84. The Balaban J connectivity index is 1.88. The minimum Gasteiger partial charge on any atom is -0.480 e. The van der Waals surface area contributed by atoms with Crippen molar-refractivity contribution in [2.24, 2.45) is 5.92 Å². The van der Waals surface area contributed by atoms with Gasteiger partial charge in [0, 0.05) is 12.8 Å². The molecule has 1 amide bonds. The molecule has 4 heteroatoms. The molecule has 0 heterocycles. The van der Waals surface area contributed by atoms with Crippen LogP contribution < -0.4 is 5.32 Å². The van der Waals surface area contributed by atoms with Crippen LogP contribution in [-0.2, 0) is 16.0 Å². The van der Waals surface area contributed by atoms with E-state index in [1.807, 2.05) is 30.3 Å². The average molecular weight is 261 g/mol. The van der Waals surface area contributed by atoms with E-state index >= 15 is 0 Å². The summed E-state index contributed by atoms with van der Waals surface area (Å²) in [5.74, 6) is -0.676. The van der Waals surface area contributed by atoms with E-state index in [9.17, 15) is 14.7 Å². The lowest BCUT2D eigenvalue weighted by molar-refractivity contribution is -0.142. The first-order valence-corrected chi connectivity index (χ1v) is 6.71. The molecule has 0 aromatic heterocycles. The summed E-state index contributed by atoms with van der Waals surface area (Å²) in [6.45, 7) is 0. The standard InChI is InChI=1S/C15H19NO3/c17-14(10-12-7-4-8-12)16-13(15(18)19)9-11-5-2-1-3-6-11/h1-3,5-6,12-13H,4,7-10H2,(H,16,17)(H,18,19). The van der Waals surface area contributed by atoms with Gasteiger partial charge in [-0.25, -0.2) is 4.79 Å². The van der Waals surface area contributed by atoms with Gasteiger partial charge in [0.25, 0.3) is 0 Å². The Morgan fingerprint density at radius 3 is 2.47 bits per heavy atom. The van der Waals surface area contributed by atoms with Crippen LogP contribution in [0.1, 0.15) is 31.2 Å². The van der Waals surface area contributed by atoms with Gasteiger partial charge in [-0.15, -0.1) is 0 Å². The largest absolute Gasteiger partial charge is 0.480 e. The number of hydrogen-bond acceptors (Lipinski definition) is 2. The number of rotatable bonds is 6. The lowest BCUT2D eigenvalue weighted by atomic mass is 9.83. The molecule has 0 radical (unpaired) electrons. The highest BCUT2D eigenvalue weighted by atomic mass is 16.4. The highest BCUT2D eigenvalue weighted by molar-refractivity contribution is 5.83. The summed E-state index contributed by atoms with van der Waals surface area (Å²) < 4.78 is 0. The van der Waals surface area contributed by atoms with Crippen LogP contribution in [0.4, 0.5) is 0 Å². The van der Waals surface area contributed by atoms with Crippen molar-refractivity contribution >= 4 is 11.9 Å². The minimum atomic E-state index is -0.981. The van der Waals surface area contributed by atoms with Crippen LogP contribution in [0.15, 0.2) is 30.3 Å². The Morgan fingerprint density at radius 1 is 1.26 bits per heavy atom. The molecule has 1 aliphatic carbocycles. The van der Waals surface area contributed by atoms with Crippen molar-refractivity contribution in [1.82, 2.24) is 5.32 Å². The van der Waals surface area contributed by atoms with E-state index in [1.165, 1.54) is 6.42 Å². The van der Waals surface area contributed by atoms with Gasteiger partial charge in [-0.1, -0.05) is 36.8 Å². The Labute approximate surface area is 112 Å². The number of carboxylic acids is 1. The quantitative estimate of drug-likeness (QED) is 0.823. The van der Waals surface area contributed by atoms with Crippen molar-refractivity contribution in [3.8, 4) is 0 Å². The summed E-state index contributed by atoms with van der Waals surface area (Å²) in [7, 11) is 0. The highest BCUT2D eigenvalue weighted by Gasteiger charge is 2.24. The average Bonchev–Trinajstić information content (AvgIpc) is 2.34. The summed E-state index contributed by atoms with van der Waals surface area (Å²) in [5, 5.41) is 11.8. The predicted octanol–water partition coefficient (Wildman–Crippen LogP) is 1.99. The van der Waals surface area contributed by atoms with Gasteiger partial charge in [-0.05, 0) is 24.3 Å². The van der Waals surface area contributed by atoms with Crippen LogP contribution in [-0.4, -0.2) is 23.0 Å². The fraction of sp³-hybridized carbons (Fsp3) is 0.467. The second-order valence-corrected chi connectivity index (χ2v) is 5.15. The van der Waals surface area contributed by atoms with E-state index < -0.39 is 12.0 Å². The summed E-state index contributed by atoms with van der Waals surface area (Å²) in [6.07, 6.45) is 4.14. The van der Waals surface area contributed by atoms with E-state index in [1.54, 1.807) is 0 Å². The highest BCUT2D eigenvalue weighted by Crippen LogP contribution is 2.29. The van der Waals surface area contributed by atoms with Gasteiger partial charge >= 0.3 is 5.97 Å². The van der Waals surface area contributed by atoms with Crippen molar-refractivity contribution in [2.45, 2.75) is 38.1 Å². The Bertz CT molecular complexity index is 440. The first-order chi connectivity index (χ1) is 9.15. The minimum absolute atomic E-state index is 0.145. The van der Waals surface area contributed by atoms with Crippen molar-refractivity contribution in [3.05, 3.63) is 35.9 Å². The van der Waals surface area contributed by atoms with Crippen LogP contribution in [0.2, 0.25) is 0 Å². The van der Waals surface area contributed by atoms with Crippen LogP contribution in [0.3, 0.4) is 0 Å².